The molecule has 4 nitrogen and oxygen atoms in total. The monoisotopic (exact) mass is 209 g/mol. The van der Waals surface area contributed by atoms with Crippen LogP contribution in [0.1, 0.15) is 36.1 Å². The summed E-state index contributed by atoms with van der Waals surface area (Å²) in [6, 6.07) is 1.74. The number of pyridine rings is 1. The normalized spacial score (nSPS) is 10.6. The van der Waals surface area contributed by atoms with Crippen LogP contribution in [0.25, 0.3) is 0 Å². The van der Waals surface area contributed by atoms with Crippen LogP contribution >= 0.6 is 0 Å². The van der Waals surface area contributed by atoms with Gasteiger partial charge in [0.05, 0.1) is 0 Å². The highest BCUT2D eigenvalue weighted by Crippen LogP contribution is 2.20. The zero-order valence-corrected chi connectivity index (χ0v) is 8.97. The Balaban J connectivity index is 2.92. The minimum absolute atomic E-state index is 0.483. The predicted molar refractivity (Wildman–Crippen MR) is 55.6 cm³/mol. The largest absolute Gasteiger partial charge is 0.349 e. The van der Waals surface area contributed by atoms with Crippen LogP contribution in [0.5, 0.6) is 0 Å². The van der Waals surface area contributed by atoms with Gasteiger partial charge < -0.3 is 9.47 Å². The fraction of sp³-hybridized carbons (Fsp3) is 0.455. The van der Waals surface area contributed by atoms with E-state index in [1.165, 1.54) is 6.20 Å². The van der Waals surface area contributed by atoms with Crippen molar-refractivity contribution in [3.05, 3.63) is 29.6 Å². The molecule has 0 spiro atoms. The Morgan fingerprint density at radius 1 is 1.40 bits per heavy atom. The average Bonchev–Trinajstić information content (AvgIpc) is 2.29. The highest BCUT2D eigenvalue weighted by molar-refractivity contribution is 5.76. The van der Waals surface area contributed by atoms with Gasteiger partial charge in [-0.05, 0) is 19.9 Å². The summed E-state index contributed by atoms with van der Waals surface area (Å²) in [5.74, 6) is 0. The van der Waals surface area contributed by atoms with Gasteiger partial charge >= 0.3 is 0 Å². The van der Waals surface area contributed by atoms with E-state index in [0.29, 0.717) is 18.8 Å². The molecule has 0 amide bonds. The van der Waals surface area contributed by atoms with Gasteiger partial charge in [-0.1, -0.05) is 0 Å². The molecule has 1 heterocycles. The predicted octanol–water partition coefficient (Wildman–Crippen LogP) is 1.97. The van der Waals surface area contributed by atoms with Crippen molar-refractivity contribution >= 4 is 6.29 Å². The molecule has 0 atom stereocenters. The number of carbonyl (C=O) groups excluding carboxylic acids is 1. The Morgan fingerprint density at radius 3 is 2.60 bits per heavy atom. The van der Waals surface area contributed by atoms with E-state index in [1.807, 2.05) is 13.8 Å². The number of nitrogens with zero attached hydrogens (tertiary/aromatic N) is 1. The van der Waals surface area contributed by atoms with Gasteiger partial charge in [-0.25, -0.2) is 0 Å². The first-order valence-corrected chi connectivity index (χ1v) is 4.95. The molecule has 0 aromatic carbocycles. The second kappa shape index (κ2) is 6.27. The fourth-order valence-electron chi connectivity index (χ4n) is 1.26. The summed E-state index contributed by atoms with van der Waals surface area (Å²) < 4.78 is 10.8. The summed E-state index contributed by atoms with van der Waals surface area (Å²) in [6.07, 6.45) is 3.40. The second-order valence-corrected chi connectivity index (χ2v) is 2.87. The van der Waals surface area contributed by atoms with Gasteiger partial charge in [0.15, 0.2) is 12.6 Å². The fourth-order valence-corrected chi connectivity index (χ4v) is 1.26. The molecular formula is C11H15NO3. The highest BCUT2D eigenvalue weighted by atomic mass is 16.7. The van der Waals surface area contributed by atoms with Gasteiger partial charge in [0.2, 0.25) is 0 Å². The lowest BCUT2D eigenvalue weighted by Gasteiger charge is -2.18. The van der Waals surface area contributed by atoms with Crippen molar-refractivity contribution in [3.8, 4) is 0 Å². The number of aldehydes is 1. The van der Waals surface area contributed by atoms with Gasteiger partial charge in [-0.3, -0.25) is 9.78 Å². The zero-order valence-electron chi connectivity index (χ0n) is 8.97. The number of aromatic nitrogens is 1. The molecule has 4 heteroatoms. The molecule has 0 unspecified atom stereocenters. The van der Waals surface area contributed by atoms with Crippen molar-refractivity contribution < 1.29 is 14.3 Å². The Bertz CT molecular complexity index is 308. The van der Waals surface area contributed by atoms with Gasteiger partial charge in [-0.15, -0.1) is 0 Å². The van der Waals surface area contributed by atoms with E-state index in [2.05, 4.69) is 4.98 Å². The topological polar surface area (TPSA) is 48.4 Å². The van der Waals surface area contributed by atoms with Crippen LogP contribution in [0, 0.1) is 0 Å². The average molecular weight is 209 g/mol. The van der Waals surface area contributed by atoms with E-state index in [0.717, 1.165) is 11.8 Å². The maximum absolute atomic E-state index is 10.8. The van der Waals surface area contributed by atoms with E-state index in [-0.39, 0.29) is 0 Å². The summed E-state index contributed by atoms with van der Waals surface area (Å²) >= 11 is 0. The molecule has 0 aliphatic rings. The standard InChI is InChI=1S/C11H15NO3/c1-3-14-11(15-4-2)10-5-6-12-7-9(10)8-13/h5-8,11H,3-4H2,1-2H3. The first-order valence-electron chi connectivity index (χ1n) is 4.95. The van der Waals surface area contributed by atoms with Crippen LogP contribution in [0.4, 0.5) is 0 Å². The van der Waals surface area contributed by atoms with Crippen molar-refractivity contribution in [3.63, 3.8) is 0 Å². The molecule has 0 aliphatic heterocycles. The molecule has 1 rings (SSSR count). The Kier molecular flexibility index (Phi) is 4.93. The molecule has 0 saturated heterocycles. The minimum atomic E-state index is -0.483. The van der Waals surface area contributed by atoms with Crippen molar-refractivity contribution in [2.45, 2.75) is 20.1 Å². The van der Waals surface area contributed by atoms with E-state index >= 15 is 0 Å². The summed E-state index contributed by atoms with van der Waals surface area (Å²) in [7, 11) is 0. The molecule has 0 aliphatic carbocycles. The maximum Gasteiger partial charge on any atom is 0.184 e. The molecule has 0 fully saturated rings. The first kappa shape index (κ1) is 11.8. The SMILES string of the molecule is CCOC(OCC)c1ccncc1C=O. The third kappa shape index (κ3) is 3.11. The highest BCUT2D eigenvalue weighted by Gasteiger charge is 2.14. The van der Waals surface area contributed by atoms with Crippen molar-refractivity contribution in [2.24, 2.45) is 0 Å². The molecule has 0 saturated carbocycles. The number of ether oxygens (including phenoxy) is 2. The lowest BCUT2D eigenvalue weighted by Crippen LogP contribution is -2.11. The van der Waals surface area contributed by atoms with Gasteiger partial charge in [0, 0.05) is 36.7 Å². The minimum Gasteiger partial charge on any atom is -0.349 e. The number of hydrogen-bond acceptors (Lipinski definition) is 4. The van der Waals surface area contributed by atoms with Crippen LogP contribution in [-0.2, 0) is 9.47 Å². The van der Waals surface area contributed by atoms with Gasteiger partial charge in [0.1, 0.15) is 0 Å². The quantitative estimate of drug-likeness (QED) is 0.531. The van der Waals surface area contributed by atoms with Crippen molar-refractivity contribution in [2.75, 3.05) is 13.2 Å². The number of rotatable bonds is 6. The summed E-state index contributed by atoms with van der Waals surface area (Å²) in [4.78, 5) is 14.7. The van der Waals surface area contributed by atoms with E-state index in [4.69, 9.17) is 9.47 Å². The Hall–Kier alpha value is -1.26. The Morgan fingerprint density at radius 2 is 2.07 bits per heavy atom. The molecule has 15 heavy (non-hydrogen) atoms. The van der Waals surface area contributed by atoms with Crippen LogP contribution < -0.4 is 0 Å². The second-order valence-electron chi connectivity index (χ2n) is 2.87. The molecule has 0 bridgehead atoms. The Labute approximate surface area is 89.2 Å². The molecule has 1 aromatic rings. The maximum atomic E-state index is 10.8. The van der Waals surface area contributed by atoms with Gasteiger partial charge in [-0.2, -0.15) is 0 Å². The third-order valence-corrected chi connectivity index (χ3v) is 1.90. The molecule has 0 N–H and O–H groups in total. The lowest BCUT2D eigenvalue weighted by atomic mass is 10.1. The van der Waals surface area contributed by atoms with Gasteiger partial charge in [0.25, 0.3) is 0 Å². The number of hydrogen-bond donors (Lipinski definition) is 0. The lowest BCUT2D eigenvalue weighted by molar-refractivity contribution is -0.140. The van der Waals surface area contributed by atoms with Crippen molar-refractivity contribution in [1.29, 1.82) is 0 Å². The van der Waals surface area contributed by atoms with Crippen LogP contribution in [0.3, 0.4) is 0 Å². The van der Waals surface area contributed by atoms with Crippen LogP contribution in [-0.4, -0.2) is 24.5 Å². The first-order chi connectivity index (χ1) is 7.33. The smallest absolute Gasteiger partial charge is 0.184 e. The molecular weight excluding hydrogens is 194 g/mol. The summed E-state index contributed by atoms with van der Waals surface area (Å²) in [5, 5.41) is 0. The zero-order chi connectivity index (χ0) is 11.1. The molecule has 1 aromatic heterocycles. The summed E-state index contributed by atoms with van der Waals surface area (Å²) in [5.41, 5.74) is 1.23. The number of carbonyl (C=O) groups is 1. The molecule has 82 valence electrons. The van der Waals surface area contributed by atoms with E-state index in [9.17, 15) is 4.79 Å². The van der Waals surface area contributed by atoms with E-state index < -0.39 is 6.29 Å². The van der Waals surface area contributed by atoms with Crippen LogP contribution in [0.2, 0.25) is 0 Å². The van der Waals surface area contributed by atoms with Crippen LogP contribution in [0.15, 0.2) is 18.5 Å². The molecule has 0 radical (unpaired) electrons. The summed E-state index contributed by atoms with van der Waals surface area (Å²) in [6.45, 7) is 4.83. The van der Waals surface area contributed by atoms with Crippen molar-refractivity contribution in [1.82, 2.24) is 4.98 Å². The van der Waals surface area contributed by atoms with E-state index in [1.54, 1.807) is 12.3 Å². The third-order valence-electron chi connectivity index (χ3n) is 1.90.